The number of amides is 1. The predicted molar refractivity (Wildman–Crippen MR) is 100 cm³/mol. The molecular weight excluding hydrogens is 336 g/mol. The van der Waals surface area contributed by atoms with E-state index >= 15 is 0 Å². The summed E-state index contributed by atoms with van der Waals surface area (Å²) in [7, 11) is 1.28. The number of benzene rings is 2. The molecule has 0 fully saturated rings. The van der Waals surface area contributed by atoms with Gasteiger partial charge in [-0.3, -0.25) is 9.59 Å². The minimum absolute atomic E-state index is 0.167. The standard InChI is InChI=1S/C19H22N2O3S/c1-24-19(23)17(20)11-12-18(22)21-15-7-9-16(10-8-15)25-13-14-5-3-2-4-6-14/h2-10,17H,11-13,20H2,1H3,(H,21,22)/t17-/m0/s1. The molecule has 3 N–H and O–H groups in total. The van der Waals surface area contributed by atoms with Gasteiger partial charge < -0.3 is 15.8 Å². The zero-order valence-electron chi connectivity index (χ0n) is 14.1. The lowest BCUT2D eigenvalue weighted by Gasteiger charge is -2.10. The number of nitrogens with two attached hydrogens (primary N) is 1. The van der Waals surface area contributed by atoms with Crippen LogP contribution in [-0.2, 0) is 20.1 Å². The van der Waals surface area contributed by atoms with Crippen molar-refractivity contribution in [3.63, 3.8) is 0 Å². The van der Waals surface area contributed by atoms with Gasteiger partial charge in [0.25, 0.3) is 0 Å². The fourth-order valence-electron chi connectivity index (χ4n) is 2.15. The molecule has 0 bridgehead atoms. The van der Waals surface area contributed by atoms with Crippen LogP contribution in [0.4, 0.5) is 5.69 Å². The summed E-state index contributed by atoms with van der Waals surface area (Å²) < 4.78 is 4.53. The first kappa shape index (κ1) is 19.0. The highest BCUT2D eigenvalue weighted by Crippen LogP contribution is 2.24. The van der Waals surface area contributed by atoms with Crippen LogP contribution >= 0.6 is 11.8 Å². The van der Waals surface area contributed by atoms with Gasteiger partial charge >= 0.3 is 5.97 Å². The first-order chi connectivity index (χ1) is 12.1. The number of esters is 1. The van der Waals surface area contributed by atoms with Crippen LogP contribution in [0.15, 0.2) is 59.5 Å². The molecule has 0 heterocycles. The van der Waals surface area contributed by atoms with Gasteiger partial charge in [-0.15, -0.1) is 11.8 Å². The Balaban J connectivity index is 1.77. The third-order valence-corrected chi connectivity index (χ3v) is 4.66. The van der Waals surface area contributed by atoms with Gasteiger partial charge in [-0.25, -0.2) is 0 Å². The number of nitrogens with one attached hydrogen (secondary N) is 1. The van der Waals surface area contributed by atoms with Crippen LogP contribution in [0.3, 0.4) is 0 Å². The van der Waals surface area contributed by atoms with E-state index in [9.17, 15) is 9.59 Å². The van der Waals surface area contributed by atoms with E-state index in [0.717, 1.165) is 16.3 Å². The Morgan fingerprint density at radius 2 is 1.80 bits per heavy atom. The molecule has 25 heavy (non-hydrogen) atoms. The van der Waals surface area contributed by atoms with Gasteiger partial charge in [0, 0.05) is 22.8 Å². The van der Waals surface area contributed by atoms with E-state index in [2.05, 4.69) is 22.2 Å². The highest BCUT2D eigenvalue weighted by Gasteiger charge is 2.15. The van der Waals surface area contributed by atoms with Crippen molar-refractivity contribution in [2.75, 3.05) is 12.4 Å². The van der Waals surface area contributed by atoms with E-state index in [1.54, 1.807) is 11.8 Å². The van der Waals surface area contributed by atoms with Crippen LogP contribution in [0.1, 0.15) is 18.4 Å². The summed E-state index contributed by atoms with van der Waals surface area (Å²) in [4.78, 5) is 24.2. The smallest absolute Gasteiger partial charge is 0.322 e. The molecule has 6 heteroatoms. The minimum Gasteiger partial charge on any atom is -0.468 e. The topological polar surface area (TPSA) is 81.4 Å². The largest absolute Gasteiger partial charge is 0.468 e. The van der Waals surface area contributed by atoms with Crippen molar-refractivity contribution in [1.29, 1.82) is 0 Å². The number of hydrogen-bond donors (Lipinski definition) is 2. The second kappa shape index (κ2) is 9.86. The van der Waals surface area contributed by atoms with Crippen molar-refractivity contribution in [1.82, 2.24) is 0 Å². The highest BCUT2D eigenvalue weighted by atomic mass is 32.2. The van der Waals surface area contributed by atoms with Crippen LogP contribution in [0.2, 0.25) is 0 Å². The quantitative estimate of drug-likeness (QED) is 0.559. The molecule has 2 rings (SSSR count). The fraction of sp³-hybridized carbons (Fsp3) is 0.263. The molecule has 0 aliphatic carbocycles. The molecule has 0 radical (unpaired) electrons. The Kier molecular flexibility index (Phi) is 7.50. The number of thioether (sulfide) groups is 1. The van der Waals surface area contributed by atoms with Crippen LogP contribution in [0.5, 0.6) is 0 Å². The summed E-state index contributed by atoms with van der Waals surface area (Å²) in [5.74, 6) is 0.217. The molecule has 0 aromatic heterocycles. The Labute approximate surface area is 151 Å². The Morgan fingerprint density at radius 3 is 2.44 bits per heavy atom. The molecule has 0 aliphatic rings. The van der Waals surface area contributed by atoms with Crippen LogP contribution in [-0.4, -0.2) is 25.0 Å². The van der Waals surface area contributed by atoms with E-state index in [0.29, 0.717) is 0 Å². The molecule has 0 aliphatic heterocycles. The van der Waals surface area contributed by atoms with E-state index < -0.39 is 12.0 Å². The molecule has 1 amide bonds. The molecule has 132 valence electrons. The maximum Gasteiger partial charge on any atom is 0.322 e. The summed E-state index contributed by atoms with van der Waals surface area (Å²) in [6, 6.07) is 17.2. The minimum atomic E-state index is -0.771. The molecule has 2 aromatic rings. The highest BCUT2D eigenvalue weighted by molar-refractivity contribution is 7.98. The van der Waals surface area contributed by atoms with Crippen LogP contribution in [0.25, 0.3) is 0 Å². The summed E-state index contributed by atoms with van der Waals surface area (Å²) in [5, 5.41) is 2.80. The molecule has 1 atom stereocenters. The second-order valence-corrected chi connectivity index (χ2v) is 6.56. The first-order valence-electron chi connectivity index (χ1n) is 7.98. The maximum atomic E-state index is 11.9. The van der Waals surface area contributed by atoms with Gasteiger partial charge in [-0.2, -0.15) is 0 Å². The molecule has 0 spiro atoms. The summed E-state index contributed by atoms with van der Waals surface area (Å²) in [5.41, 5.74) is 7.61. The lowest BCUT2D eigenvalue weighted by atomic mass is 10.1. The van der Waals surface area contributed by atoms with E-state index in [1.807, 2.05) is 42.5 Å². The third-order valence-electron chi connectivity index (χ3n) is 3.57. The zero-order chi connectivity index (χ0) is 18.1. The number of anilines is 1. The molecular formula is C19H22N2O3S. The lowest BCUT2D eigenvalue weighted by molar-refractivity contribution is -0.142. The van der Waals surface area contributed by atoms with Crippen molar-refractivity contribution in [3.05, 3.63) is 60.2 Å². The number of ether oxygens (including phenoxy) is 1. The SMILES string of the molecule is COC(=O)[C@@H](N)CCC(=O)Nc1ccc(SCc2ccccc2)cc1. The normalized spacial score (nSPS) is 11.6. The Hall–Kier alpha value is -2.31. The van der Waals surface area contributed by atoms with Gasteiger partial charge in [0.2, 0.25) is 5.91 Å². The number of carbonyl (C=O) groups excluding carboxylic acids is 2. The number of hydrogen-bond acceptors (Lipinski definition) is 5. The molecule has 0 unspecified atom stereocenters. The van der Waals surface area contributed by atoms with Gasteiger partial charge in [-0.1, -0.05) is 30.3 Å². The summed E-state index contributed by atoms with van der Waals surface area (Å²) in [6.07, 6.45) is 0.421. The number of carbonyl (C=O) groups is 2. The van der Waals surface area contributed by atoms with Gasteiger partial charge in [0.05, 0.1) is 7.11 Å². The average Bonchev–Trinajstić information content (AvgIpc) is 2.65. The summed E-state index contributed by atoms with van der Waals surface area (Å²) >= 11 is 1.74. The number of rotatable bonds is 8. The van der Waals surface area contributed by atoms with Gasteiger partial charge in [0.15, 0.2) is 0 Å². The fourth-order valence-corrected chi connectivity index (χ4v) is 3.01. The average molecular weight is 358 g/mol. The summed E-state index contributed by atoms with van der Waals surface area (Å²) in [6.45, 7) is 0. The maximum absolute atomic E-state index is 11.9. The van der Waals surface area contributed by atoms with Crippen molar-refractivity contribution < 1.29 is 14.3 Å². The van der Waals surface area contributed by atoms with E-state index in [4.69, 9.17) is 5.73 Å². The molecule has 2 aromatic carbocycles. The lowest BCUT2D eigenvalue weighted by Crippen LogP contribution is -2.32. The van der Waals surface area contributed by atoms with Crippen molar-refractivity contribution in [2.24, 2.45) is 5.73 Å². The van der Waals surface area contributed by atoms with Crippen molar-refractivity contribution >= 4 is 29.3 Å². The second-order valence-electron chi connectivity index (χ2n) is 5.52. The van der Waals surface area contributed by atoms with Gasteiger partial charge in [0.1, 0.15) is 6.04 Å². The monoisotopic (exact) mass is 358 g/mol. The predicted octanol–water partition coefficient (Wildman–Crippen LogP) is 3.20. The zero-order valence-corrected chi connectivity index (χ0v) is 14.9. The molecule has 0 saturated heterocycles. The first-order valence-corrected chi connectivity index (χ1v) is 8.97. The Bertz CT molecular complexity index is 690. The van der Waals surface area contributed by atoms with Crippen LogP contribution < -0.4 is 11.1 Å². The molecule has 5 nitrogen and oxygen atoms in total. The van der Waals surface area contributed by atoms with Crippen molar-refractivity contribution in [3.8, 4) is 0 Å². The molecule has 0 saturated carbocycles. The van der Waals surface area contributed by atoms with Crippen LogP contribution in [0, 0.1) is 0 Å². The van der Waals surface area contributed by atoms with E-state index in [-0.39, 0.29) is 18.7 Å². The Morgan fingerprint density at radius 1 is 1.12 bits per heavy atom. The van der Waals surface area contributed by atoms with Gasteiger partial charge in [-0.05, 0) is 36.2 Å². The number of methoxy groups -OCH3 is 1. The van der Waals surface area contributed by atoms with Crippen molar-refractivity contribution in [2.45, 2.75) is 29.5 Å². The van der Waals surface area contributed by atoms with E-state index in [1.165, 1.54) is 12.7 Å². The third kappa shape index (κ3) is 6.60.